The summed E-state index contributed by atoms with van der Waals surface area (Å²) in [4.78, 5) is 17.8. The third-order valence-electron chi connectivity index (χ3n) is 2.54. The van der Waals surface area contributed by atoms with Crippen molar-refractivity contribution in [1.29, 1.82) is 0 Å². The monoisotopic (exact) mass is 338 g/mol. The van der Waals surface area contributed by atoms with Gasteiger partial charge >= 0.3 is 0 Å². The van der Waals surface area contributed by atoms with Crippen LogP contribution in [0.1, 0.15) is 5.56 Å². The molecule has 0 aliphatic carbocycles. The Morgan fingerprint density at radius 2 is 2.10 bits per heavy atom. The first-order valence-corrected chi connectivity index (χ1v) is 6.22. The predicted molar refractivity (Wildman–Crippen MR) is 89.7 cm³/mol. The summed E-state index contributed by atoms with van der Waals surface area (Å²) in [5.41, 5.74) is 0.998. The van der Waals surface area contributed by atoms with Crippen molar-refractivity contribution in [2.45, 2.75) is 6.54 Å². The van der Waals surface area contributed by atoms with E-state index in [1.165, 1.54) is 0 Å². The normalized spacial score (nSPS) is 9.29. The van der Waals surface area contributed by atoms with Gasteiger partial charge in [-0.25, -0.2) is 4.98 Å². The lowest BCUT2D eigenvalue weighted by Gasteiger charge is -2.16. The van der Waals surface area contributed by atoms with Crippen molar-refractivity contribution in [3.63, 3.8) is 0 Å². The number of nitrogens with one attached hydrogen (secondary N) is 2. The molecule has 21 heavy (non-hydrogen) atoms. The average molecular weight is 339 g/mol. The smallest absolute Gasteiger partial charge is 0.234 e. The molecular formula is C13H24Cl2N4O2. The Morgan fingerprint density at radius 3 is 2.71 bits per heavy atom. The second-order valence-corrected chi connectivity index (χ2v) is 4.33. The lowest BCUT2D eigenvalue weighted by molar-refractivity contribution is -0.120. The summed E-state index contributed by atoms with van der Waals surface area (Å²) in [7, 11) is 5.49. The van der Waals surface area contributed by atoms with Crippen LogP contribution in [0.15, 0.2) is 18.3 Å². The second-order valence-electron chi connectivity index (χ2n) is 4.33. The number of carbonyl (C=O) groups excluding carboxylic acids is 1. The van der Waals surface area contributed by atoms with E-state index in [-0.39, 0.29) is 30.7 Å². The summed E-state index contributed by atoms with van der Waals surface area (Å²) < 4.78 is 4.89. The van der Waals surface area contributed by atoms with Gasteiger partial charge in [0.15, 0.2) is 0 Å². The van der Waals surface area contributed by atoms with E-state index in [4.69, 9.17) is 4.74 Å². The number of hydrogen-bond donors (Lipinski definition) is 2. The van der Waals surface area contributed by atoms with Crippen molar-refractivity contribution in [2.24, 2.45) is 0 Å². The van der Waals surface area contributed by atoms with Crippen molar-refractivity contribution >= 4 is 36.5 Å². The Labute approximate surface area is 138 Å². The maximum Gasteiger partial charge on any atom is 0.234 e. The molecule has 0 unspecified atom stereocenters. The lowest BCUT2D eigenvalue weighted by Crippen LogP contribution is -2.35. The molecule has 0 aliphatic rings. The fourth-order valence-corrected chi connectivity index (χ4v) is 1.60. The largest absolute Gasteiger partial charge is 0.383 e. The van der Waals surface area contributed by atoms with Gasteiger partial charge in [0.25, 0.3) is 0 Å². The highest BCUT2D eigenvalue weighted by atomic mass is 35.5. The Hall–Kier alpha value is -1.08. The molecular weight excluding hydrogens is 315 g/mol. The van der Waals surface area contributed by atoms with Crippen LogP contribution in [0, 0.1) is 0 Å². The number of hydrogen-bond acceptors (Lipinski definition) is 5. The third kappa shape index (κ3) is 8.72. The van der Waals surface area contributed by atoms with Crippen LogP contribution in [0.3, 0.4) is 0 Å². The van der Waals surface area contributed by atoms with Gasteiger partial charge in [0.2, 0.25) is 5.91 Å². The number of halogens is 2. The van der Waals surface area contributed by atoms with Crippen LogP contribution in [0.25, 0.3) is 0 Å². The van der Waals surface area contributed by atoms with Crippen molar-refractivity contribution in [3.8, 4) is 0 Å². The highest BCUT2D eigenvalue weighted by Gasteiger charge is 2.06. The highest BCUT2D eigenvalue weighted by Crippen LogP contribution is 2.13. The number of methoxy groups -OCH3 is 1. The van der Waals surface area contributed by atoms with Gasteiger partial charge in [0.1, 0.15) is 5.82 Å². The van der Waals surface area contributed by atoms with Crippen molar-refractivity contribution in [1.82, 2.24) is 15.6 Å². The molecule has 0 aliphatic heterocycles. The first-order valence-electron chi connectivity index (χ1n) is 6.22. The minimum absolute atomic E-state index is 0. The molecule has 0 saturated carbocycles. The molecule has 0 saturated heterocycles. The minimum Gasteiger partial charge on any atom is -0.383 e. The van der Waals surface area contributed by atoms with E-state index in [9.17, 15) is 4.79 Å². The van der Waals surface area contributed by atoms with E-state index in [0.29, 0.717) is 26.2 Å². The van der Waals surface area contributed by atoms with E-state index in [1.54, 1.807) is 13.3 Å². The fraction of sp³-hybridized carbons (Fsp3) is 0.538. The summed E-state index contributed by atoms with van der Waals surface area (Å²) in [6.45, 7) is 2.04. The summed E-state index contributed by atoms with van der Waals surface area (Å²) in [5, 5.41) is 5.86. The molecule has 1 aromatic heterocycles. The SMILES string of the molecule is COCCNCC(=O)NCc1cccnc1N(C)C.Cl.Cl. The number of nitrogens with zero attached hydrogens (tertiary/aromatic N) is 2. The van der Waals surface area contributed by atoms with Crippen LogP contribution in [0.4, 0.5) is 5.82 Å². The number of aromatic nitrogens is 1. The third-order valence-corrected chi connectivity index (χ3v) is 2.54. The van der Waals surface area contributed by atoms with Crippen LogP contribution in [-0.2, 0) is 16.1 Å². The number of anilines is 1. The van der Waals surface area contributed by atoms with Gasteiger partial charge in [-0.1, -0.05) is 6.07 Å². The second kappa shape index (κ2) is 12.6. The van der Waals surface area contributed by atoms with Gasteiger partial charge in [0, 0.05) is 46.1 Å². The molecule has 1 aromatic rings. The van der Waals surface area contributed by atoms with Crippen molar-refractivity contribution in [3.05, 3.63) is 23.9 Å². The molecule has 0 aromatic carbocycles. The van der Waals surface area contributed by atoms with Gasteiger partial charge < -0.3 is 20.3 Å². The van der Waals surface area contributed by atoms with E-state index in [1.807, 2.05) is 31.1 Å². The molecule has 1 rings (SSSR count). The molecule has 8 heteroatoms. The lowest BCUT2D eigenvalue weighted by atomic mass is 10.2. The molecule has 0 atom stereocenters. The summed E-state index contributed by atoms with van der Waals surface area (Å²) in [6, 6.07) is 3.83. The summed E-state index contributed by atoms with van der Waals surface area (Å²) >= 11 is 0. The predicted octanol–water partition coefficient (Wildman–Crippen LogP) is 0.843. The van der Waals surface area contributed by atoms with Crippen LogP contribution < -0.4 is 15.5 Å². The first-order chi connectivity index (χ1) is 9.15. The number of rotatable bonds is 8. The molecule has 2 N–H and O–H groups in total. The zero-order valence-electron chi connectivity index (χ0n) is 12.6. The quantitative estimate of drug-likeness (QED) is 0.687. The molecule has 1 amide bonds. The standard InChI is InChI=1S/C13H22N4O2.2ClH/c1-17(2)13-11(5-4-6-15-13)9-16-12(18)10-14-7-8-19-3;;/h4-6,14H,7-10H2,1-3H3,(H,16,18);2*1H. The van der Waals surface area contributed by atoms with E-state index in [2.05, 4.69) is 15.6 Å². The highest BCUT2D eigenvalue weighted by molar-refractivity contribution is 5.85. The van der Waals surface area contributed by atoms with Crippen LogP contribution in [0.2, 0.25) is 0 Å². The molecule has 0 bridgehead atoms. The Bertz CT molecular complexity index is 406. The maximum atomic E-state index is 11.6. The number of carbonyl (C=O) groups is 1. The molecule has 6 nitrogen and oxygen atoms in total. The zero-order chi connectivity index (χ0) is 14.1. The topological polar surface area (TPSA) is 66.5 Å². The number of ether oxygens (including phenoxy) is 1. The fourth-order valence-electron chi connectivity index (χ4n) is 1.60. The molecule has 122 valence electrons. The Kier molecular flexibility index (Phi) is 13.4. The molecule has 1 heterocycles. The summed E-state index contributed by atoms with van der Waals surface area (Å²) in [5.74, 6) is 0.833. The zero-order valence-corrected chi connectivity index (χ0v) is 14.2. The van der Waals surface area contributed by atoms with E-state index in [0.717, 1.165) is 11.4 Å². The maximum absolute atomic E-state index is 11.6. The number of pyridine rings is 1. The van der Waals surface area contributed by atoms with E-state index >= 15 is 0 Å². The molecule has 0 fully saturated rings. The van der Waals surface area contributed by atoms with Crippen LogP contribution in [0.5, 0.6) is 0 Å². The molecule has 0 spiro atoms. The van der Waals surface area contributed by atoms with Gasteiger partial charge in [0.05, 0.1) is 13.2 Å². The first kappa shape index (κ1) is 22.2. The minimum atomic E-state index is -0.0373. The van der Waals surface area contributed by atoms with Gasteiger partial charge in [-0.2, -0.15) is 0 Å². The van der Waals surface area contributed by atoms with Gasteiger partial charge in [-0.3, -0.25) is 4.79 Å². The van der Waals surface area contributed by atoms with Crippen molar-refractivity contribution < 1.29 is 9.53 Å². The van der Waals surface area contributed by atoms with Gasteiger partial charge in [-0.15, -0.1) is 24.8 Å². The van der Waals surface area contributed by atoms with Crippen LogP contribution >= 0.6 is 24.8 Å². The Morgan fingerprint density at radius 1 is 1.38 bits per heavy atom. The van der Waals surface area contributed by atoms with E-state index < -0.39 is 0 Å². The average Bonchev–Trinajstić information content (AvgIpc) is 2.41. The Balaban J connectivity index is 0. The van der Waals surface area contributed by atoms with Gasteiger partial charge in [-0.05, 0) is 6.07 Å². The van der Waals surface area contributed by atoms with Crippen molar-refractivity contribution in [2.75, 3.05) is 45.8 Å². The number of amides is 1. The van der Waals surface area contributed by atoms with Crippen LogP contribution in [-0.4, -0.2) is 51.8 Å². The summed E-state index contributed by atoms with van der Waals surface area (Å²) in [6.07, 6.45) is 1.74. The molecule has 0 radical (unpaired) electrons.